The van der Waals surface area contributed by atoms with Crippen LogP contribution < -0.4 is 4.74 Å². The monoisotopic (exact) mass is 182 g/mol. The van der Waals surface area contributed by atoms with Gasteiger partial charge in [-0.2, -0.15) is 0 Å². The first-order valence-electron chi connectivity index (χ1n) is 4.15. The highest BCUT2D eigenvalue weighted by Crippen LogP contribution is 2.21. The van der Waals surface area contributed by atoms with E-state index in [-0.39, 0.29) is 0 Å². The summed E-state index contributed by atoms with van der Waals surface area (Å²) in [5.74, 6) is 0.678. The lowest BCUT2D eigenvalue weighted by atomic mass is 10.1. The van der Waals surface area contributed by atoms with E-state index in [1.165, 1.54) is 0 Å². The number of hydrogen-bond acceptors (Lipinski definition) is 3. The lowest BCUT2D eigenvalue weighted by Crippen LogP contribution is -2.13. The molecule has 13 heavy (non-hydrogen) atoms. The third-order valence-corrected chi connectivity index (χ3v) is 1.89. The van der Waals surface area contributed by atoms with Gasteiger partial charge in [-0.15, -0.1) is 0 Å². The molecule has 0 bridgehead atoms. The second-order valence-electron chi connectivity index (χ2n) is 2.96. The van der Waals surface area contributed by atoms with Crippen molar-refractivity contribution < 1.29 is 14.9 Å². The van der Waals surface area contributed by atoms with Gasteiger partial charge in [0.25, 0.3) is 0 Å². The standard InChI is InChI=1S/C10H14O3/c1-7(11)10(12)8-4-3-5-9(6-8)13-2/h3-7,10-12H,1-2H3. The van der Waals surface area contributed by atoms with Crippen LogP contribution in [0.4, 0.5) is 0 Å². The molecular formula is C10H14O3. The molecule has 1 rings (SSSR count). The minimum atomic E-state index is -0.852. The van der Waals surface area contributed by atoms with Crippen LogP contribution in [0.25, 0.3) is 0 Å². The molecule has 1 aromatic carbocycles. The Hall–Kier alpha value is -1.06. The summed E-state index contributed by atoms with van der Waals surface area (Å²) in [4.78, 5) is 0. The zero-order chi connectivity index (χ0) is 9.84. The molecule has 0 aliphatic heterocycles. The van der Waals surface area contributed by atoms with Gasteiger partial charge >= 0.3 is 0 Å². The summed E-state index contributed by atoms with van der Waals surface area (Å²) in [5.41, 5.74) is 0.661. The second kappa shape index (κ2) is 4.25. The zero-order valence-electron chi connectivity index (χ0n) is 7.77. The Balaban J connectivity index is 2.88. The van der Waals surface area contributed by atoms with E-state index < -0.39 is 12.2 Å². The Bertz CT molecular complexity index is 271. The van der Waals surface area contributed by atoms with Crippen LogP contribution in [0.1, 0.15) is 18.6 Å². The van der Waals surface area contributed by atoms with Gasteiger partial charge in [0.2, 0.25) is 0 Å². The average Bonchev–Trinajstić information content (AvgIpc) is 2.16. The van der Waals surface area contributed by atoms with Gasteiger partial charge in [0.05, 0.1) is 13.2 Å². The summed E-state index contributed by atoms with van der Waals surface area (Å²) in [6, 6.07) is 7.02. The minimum absolute atomic E-state index is 0.661. The molecule has 0 fully saturated rings. The lowest BCUT2D eigenvalue weighted by molar-refractivity contribution is 0.0304. The summed E-state index contributed by atoms with van der Waals surface area (Å²) >= 11 is 0. The molecule has 1 aromatic rings. The fourth-order valence-electron chi connectivity index (χ4n) is 1.10. The number of methoxy groups -OCH3 is 1. The first-order chi connectivity index (χ1) is 6.15. The molecule has 3 heteroatoms. The van der Waals surface area contributed by atoms with Crippen LogP contribution in [-0.2, 0) is 0 Å². The SMILES string of the molecule is COc1cccc(C(O)C(C)O)c1. The maximum atomic E-state index is 9.51. The molecule has 2 atom stereocenters. The van der Waals surface area contributed by atoms with E-state index in [1.54, 1.807) is 38.3 Å². The highest BCUT2D eigenvalue weighted by atomic mass is 16.5. The number of hydrogen-bond donors (Lipinski definition) is 2. The van der Waals surface area contributed by atoms with Gasteiger partial charge in [-0.1, -0.05) is 12.1 Å². The van der Waals surface area contributed by atoms with Crippen LogP contribution in [0, 0.1) is 0 Å². The van der Waals surface area contributed by atoms with Crippen molar-refractivity contribution in [2.75, 3.05) is 7.11 Å². The van der Waals surface area contributed by atoms with E-state index in [0.29, 0.717) is 11.3 Å². The Kier molecular flexibility index (Phi) is 3.28. The van der Waals surface area contributed by atoms with E-state index in [2.05, 4.69) is 0 Å². The van der Waals surface area contributed by atoms with Gasteiger partial charge in [0, 0.05) is 0 Å². The number of ether oxygens (including phenoxy) is 1. The summed E-state index contributed by atoms with van der Waals surface area (Å²) in [6.45, 7) is 1.55. The van der Waals surface area contributed by atoms with Crippen molar-refractivity contribution in [1.29, 1.82) is 0 Å². The van der Waals surface area contributed by atoms with Crippen LogP contribution in [0.15, 0.2) is 24.3 Å². The molecule has 0 aliphatic rings. The highest BCUT2D eigenvalue weighted by molar-refractivity contribution is 5.30. The lowest BCUT2D eigenvalue weighted by Gasteiger charge is -2.14. The average molecular weight is 182 g/mol. The Morgan fingerprint density at radius 3 is 2.54 bits per heavy atom. The van der Waals surface area contributed by atoms with E-state index in [0.717, 1.165) is 0 Å². The maximum absolute atomic E-state index is 9.51. The third-order valence-electron chi connectivity index (χ3n) is 1.89. The van der Waals surface area contributed by atoms with Crippen molar-refractivity contribution in [2.24, 2.45) is 0 Å². The maximum Gasteiger partial charge on any atom is 0.119 e. The van der Waals surface area contributed by atoms with E-state index >= 15 is 0 Å². The summed E-state index contributed by atoms with van der Waals surface area (Å²) < 4.78 is 4.99. The minimum Gasteiger partial charge on any atom is -0.497 e. The van der Waals surface area contributed by atoms with Gasteiger partial charge < -0.3 is 14.9 Å². The molecule has 72 valence electrons. The topological polar surface area (TPSA) is 49.7 Å². The van der Waals surface area contributed by atoms with Crippen LogP contribution in [0.3, 0.4) is 0 Å². The number of rotatable bonds is 3. The number of aliphatic hydroxyl groups excluding tert-OH is 2. The number of aliphatic hydroxyl groups is 2. The van der Waals surface area contributed by atoms with Crippen molar-refractivity contribution in [3.63, 3.8) is 0 Å². The van der Waals surface area contributed by atoms with Crippen molar-refractivity contribution in [3.8, 4) is 5.75 Å². The Morgan fingerprint density at radius 1 is 1.31 bits per heavy atom. The van der Waals surface area contributed by atoms with Crippen molar-refractivity contribution in [2.45, 2.75) is 19.1 Å². The number of benzene rings is 1. The molecule has 3 nitrogen and oxygen atoms in total. The van der Waals surface area contributed by atoms with Crippen molar-refractivity contribution in [3.05, 3.63) is 29.8 Å². The first kappa shape index (κ1) is 10.0. The Labute approximate surface area is 77.6 Å². The second-order valence-corrected chi connectivity index (χ2v) is 2.96. The molecule has 0 saturated heterocycles. The van der Waals surface area contributed by atoms with Crippen LogP contribution >= 0.6 is 0 Å². The summed E-state index contributed by atoms with van der Waals surface area (Å²) in [5, 5.41) is 18.7. The van der Waals surface area contributed by atoms with E-state index in [4.69, 9.17) is 9.84 Å². The van der Waals surface area contributed by atoms with Crippen LogP contribution in [0.2, 0.25) is 0 Å². The molecule has 0 saturated carbocycles. The van der Waals surface area contributed by atoms with Crippen LogP contribution in [0.5, 0.6) is 5.75 Å². The smallest absolute Gasteiger partial charge is 0.119 e. The normalized spacial score (nSPS) is 15.1. The first-order valence-corrected chi connectivity index (χ1v) is 4.15. The van der Waals surface area contributed by atoms with Gasteiger partial charge in [0.15, 0.2) is 0 Å². The molecule has 2 N–H and O–H groups in total. The third kappa shape index (κ3) is 2.44. The van der Waals surface area contributed by atoms with Crippen molar-refractivity contribution >= 4 is 0 Å². The molecule has 0 aliphatic carbocycles. The van der Waals surface area contributed by atoms with Gasteiger partial charge in [-0.25, -0.2) is 0 Å². The Morgan fingerprint density at radius 2 is 2.00 bits per heavy atom. The fourth-order valence-corrected chi connectivity index (χ4v) is 1.10. The van der Waals surface area contributed by atoms with Gasteiger partial charge in [-0.3, -0.25) is 0 Å². The summed E-state index contributed by atoms with van der Waals surface area (Å²) in [6.07, 6.45) is -1.62. The van der Waals surface area contributed by atoms with Crippen LogP contribution in [-0.4, -0.2) is 23.4 Å². The molecule has 0 heterocycles. The molecule has 0 aromatic heterocycles. The fraction of sp³-hybridized carbons (Fsp3) is 0.400. The van der Waals surface area contributed by atoms with E-state index in [1.807, 2.05) is 0 Å². The molecular weight excluding hydrogens is 168 g/mol. The largest absolute Gasteiger partial charge is 0.497 e. The van der Waals surface area contributed by atoms with Crippen molar-refractivity contribution in [1.82, 2.24) is 0 Å². The predicted molar refractivity (Wildman–Crippen MR) is 49.6 cm³/mol. The molecule has 0 amide bonds. The molecule has 2 unspecified atom stereocenters. The zero-order valence-corrected chi connectivity index (χ0v) is 7.77. The summed E-state index contributed by atoms with van der Waals surface area (Å²) in [7, 11) is 1.56. The van der Waals surface area contributed by atoms with E-state index in [9.17, 15) is 5.11 Å². The molecule has 0 radical (unpaired) electrons. The van der Waals surface area contributed by atoms with Gasteiger partial charge in [0.1, 0.15) is 11.9 Å². The van der Waals surface area contributed by atoms with Gasteiger partial charge in [-0.05, 0) is 24.6 Å². The predicted octanol–water partition coefficient (Wildman–Crippen LogP) is 1.11. The quantitative estimate of drug-likeness (QED) is 0.736. The molecule has 0 spiro atoms. The highest BCUT2D eigenvalue weighted by Gasteiger charge is 2.13.